The van der Waals surface area contributed by atoms with Crippen LogP contribution in [0.3, 0.4) is 0 Å². The highest BCUT2D eigenvalue weighted by Crippen LogP contribution is 2.24. The van der Waals surface area contributed by atoms with Crippen LogP contribution in [-0.2, 0) is 22.9 Å². The van der Waals surface area contributed by atoms with Gasteiger partial charge in [-0.2, -0.15) is 5.21 Å². The number of nitrogens with one attached hydrogen (secondary N) is 2. The van der Waals surface area contributed by atoms with Crippen LogP contribution < -0.4 is 4.72 Å². The minimum atomic E-state index is -3.57. The molecule has 0 saturated carbocycles. The zero-order valence-electron chi connectivity index (χ0n) is 18.9. The number of hydrogen-bond acceptors (Lipinski definition) is 6. The number of rotatable bonds is 11. The summed E-state index contributed by atoms with van der Waals surface area (Å²) in [5.74, 6) is 0.706. The van der Waals surface area contributed by atoms with Crippen molar-refractivity contribution in [2.24, 2.45) is 0 Å². The molecular weight excluding hydrogens is 484 g/mol. The summed E-state index contributed by atoms with van der Waals surface area (Å²) in [4.78, 5) is 4.46. The molecular formula is C25H25ClN6O2S. The fourth-order valence-electron chi connectivity index (χ4n) is 3.60. The van der Waals surface area contributed by atoms with E-state index in [1.54, 1.807) is 18.3 Å². The molecule has 4 aromatic rings. The highest BCUT2D eigenvalue weighted by atomic mass is 35.5. The zero-order valence-corrected chi connectivity index (χ0v) is 20.5. The SMILES string of the molecule is O=S(=O)(NCCc1ccc(/C(=C\CCCc2nn[nH]n2)c2cccnc2)cc1)c1ccc(Cl)cc1. The van der Waals surface area contributed by atoms with E-state index in [1.165, 1.54) is 12.1 Å². The van der Waals surface area contributed by atoms with E-state index >= 15 is 0 Å². The third-order valence-corrected chi connectivity index (χ3v) is 7.14. The number of sulfonamides is 1. The number of tetrazole rings is 1. The van der Waals surface area contributed by atoms with Crippen LogP contribution in [0.5, 0.6) is 0 Å². The number of unbranched alkanes of at least 4 members (excludes halogenated alkanes) is 1. The number of nitrogens with zero attached hydrogens (tertiary/aromatic N) is 4. The molecule has 0 aliphatic rings. The van der Waals surface area contributed by atoms with Gasteiger partial charge >= 0.3 is 0 Å². The maximum absolute atomic E-state index is 12.5. The lowest BCUT2D eigenvalue weighted by atomic mass is 9.96. The molecule has 10 heteroatoms. The van der Waals surface area contributed by atoms with Crippen LogP contribution in [0.4, 0.5) is 0 Å². The zero-order chi connectivity index (χ0) is 24.5. The van der Waals surface area contributed by atoms with Gasteiger partial charge in [0.05, 0.1) is 4.90 Å². The van der Waals surface area contributed by atoms with Crippen LogP contribution in [0.2, 0.25) is 5.02 Å². The van der Waals surface area contributed by atoms with Gasteiger partial charge in [0.15, 0.2) is 5.82 Å². The van der Waals surface area contributed by atoms with Gasteiger partial charge in [0.1, 0.15) is 0 Å². The Labute approximate surface area is 209 Å². The van der Waals surface area contributed by atoms with Crippen LogP contribution in [0.15, 0.2) is 84.0 Å². The van der Waals surface area contributed by atoms with E-state index < -0.39 is 10.0 Å². The van der Waals surface area contributed by atoms with Gasteiger partial charge in [-0.25, -0.2) is 13.1 Å². The molecule has 0 amide bonds. The summed E-state index contributed by atoms with van der Waals surface area (Å²) in [5.41, 5.74) is 4.25. The fraction of sp³-hybridized carbons (Fsp3) is 0.200. The van der Waals surface area contributed by atoms with Gasteiger partial charge in [-0.1, -0.05) is 53.2 Å². The quantitative estimate of drug-likeness (QED) is 0.293. The van der Waals surface area contributed by atoms with Crippen molar-refractivity contribution in [3.8, 4) is 0 Å². The second kappa shape index (κ2) is 11.8. The number of halogens is 1. The molecule has 0 fully saturated rings. The van der Waals surface area contributed by atoms with E-state index in [0.717, 1.165) is 41.5 Å². The number of pyridine rings is 1. The minimum absolute atomic E-state index is 0.197. The Morgan fingerprint density at radius 3 is 2.49 bits per heavy atom. The molecule has 8 nitrogen and oxygen atoms in total. The van der Waals surface area contributed by atoms with Crippen LogP contribution in [0.25, 0.3) is 5.57 Å². The van der Waals surface area contributed by atoms with Gasteiger partial charge in [0.2, 0.25) is 10.0 Å². The van der Waals surface area contributed by atoms with Crippen LogP contribution in [0, 0.1) is 0 Å². The first kappa shape index (κ1) is 24.7. The van der Waals surface area contributed by atoms with Gasteiger partial charge in [-0.05, 0) is 66.3 Å². The summed E-state index contributed by atoms with van der Waals surface area (Å²) in [6.45, 7) is 0.297. The Balaban J connectivity index is 1.39. The van der Waals surface area contributed by atoms with Crippen molar-refractivity contribution in [3.63, 3.8) is 0 Å². The summed E-state index contributed by atoms with van der Waals surface area (Å²) >= 11 is 5.85. The topological polar surface area (TPSA) is 114 Å². The van der Waals surface area contributed by atoms with Crippen molar-refractivity contribution < 1.29 is 8.42 Å². The number of hydrogen-bond donors (Lipinski definition) is 2. The summed E-state index contributed by atoms with van der Waals surface area (Å²) in [6.07, 6.45) is 8.88. The fourth-order valence-corrected chi connectivity index (χ4v) is 4.76. The monoisotopic (exact) mass is 508 g/mol. The predicted octanol–water partition coefficient (Wildman–Crippen LogP) is 4.22. The largest absolute Gasteiger partial charge is 0.264 e. The predicted molar refractivity (Wildman–Crippen MR) is 135 cm³/mol. The summed E-state index contributed by atoms with van der Waals surface area (Å²) < 4.78 is 27.6. The molecule has 0 spiro atoms. The van der Waals surface area contributed by atoms with E-state index in [-0.39, 0.29) is 4.90 Å². The molecule has 0 atom stereocenters. The van der Waals surface area contributed by atoms with Crippen molar-refractivity contribution in [1.29, 1.82) is 0 Å². The maximum atomic E-state index is 12.5. The van der Waals surface area contributed by atoms with Crippen molar-refractivity contribution in [2.45, 2.75) is 30.6 Å². The molecule has 0 unspecified atom stereocenters. The van der Waals surface area contributed by atoms with Gasteiger partial charge in [-0.3, -0.25) is 4.98 Å². The standard InChI is InChI=1S/C25H25ClN6O2S/c26-22-11-13-23(14-12-22)35(33,34)28-17-15-19-7-9-20(10-8-19)24(21-4-3-16-27-18-21)5-1-2-6-25-29-31-32-30-25/h3-5,7-14,16,18,28H,1-2,6,15,17H2,(H,29,30,31,32)/b24-5+. The lowest BCUT2D eigenvalue weighted by Gasteiger charge is -2.10. The third-order valence-electron chi connectivity index (χ3n) is 5.41. The summed E-state index contributed by atoms with van der Waals surface area (Å²) in [6, 6.07) is 18.2. The van der Waals surface area contributed by atoms with Crippen LogP contribution in [-0.4, -0.2) is 40.6 Å². The second-order valence-corrected chi connectivity index (χ2v) is 10.1. The Morgan fingerprint density at radius 2 is 1.80 bits per heavy atom. The van der Waals surface area contributed by atoms with E-state index in [4.69, 9.17) is 11.6 Å². The molecule has 2 aromatic carbocycles. The average Bonchev–Trinajstić information content (AvgIpc) is 3.39. The molecule has 180 valence electrons. The van der Waals surface area contributed by atoms with Crippen molar-refractivity contribution >= 4 is 27.2 Å². The first-order valence-electron chi connectivity index (χ1n) is 11.2. The molecule has 35 heavy (non-hydrogen) atoms. The Bertz CT molecular complexity index is 1340. The van der Waals surface area contributed by atoms with Crippen molar-refractivity contribution in [2.75, 3.05) is 6.54 Å². The normalized spacial score (nSPS) is 12.1. The number of allylic oxidation sites excluding steroid dienone is 1. The molecule has 2 heterocycles. The summed E-state index contributed by atoms with van der Waals surface area (Å²) in [5, 5.41) is 14.5. The maximum Gasteiger partial charge on any atom is 0.240 e. The summed E-state index contributed by atoms with van der Waals surface area (Å²) in [7, 11) is -3.57. The van der Waals surface area contributed by atoms with Crippen LogP contribution >= 0.6 is 11.6 Å². The number of aromatic amines is 1. The molecule has 0 aliphatic heterocycles. The van der Waals surface area contributed by atoms with E-state index in [2.05, 4.69) is 48.5 Å². The van der Waals surface area contributed by atoms with Crippen LogP contribution in [0.1, 0.15) is 35.4 Å². The first-order valence-corrected chi connectivity index (χ1v) is 13.0. The van der Waals surface area contributed by atoms with E-state index in [9.17, 15) is 8.42 Å². The molecule has 0 aliphatic carbocycles. The lowest BCUT2D eigenvalue weighted by Crippen LogP contribution is -2.25. The molecule has 2 N–H and O–H groups in total. The van der Waals surface area contributed by atoms with E-state index in [1.807, 2.05) is 30.5 Å². The first-order chi connectivity index (χ1) is 17.0. The number of H-pyrrole nitrogens is 1. The lowest BCUT2D eigenvalue weighted by molar-refractivity contribution is 0.581. The molecule has 4 rings (SSSR count). The molecule has 0 saturated heterocycles. The molecule has 0 bridgehead atoms. The third kappa shape index (κ3) is 7.05. The van der Waals surface area contributed by atoms with Crippen molar-refractivity contribution in [3.05, 3.63) is 107 Å². The second-order valence-electron chi connectivity index (χ2n) is 7.88. The highest BCUT2D eigenvalue weighted by Gasteiger charge is 2.13. The smallest absolute Gasteiger partial charge is 0.240 e. The molecule has 0 radical (unpaired) electrons. The van der Waals surface area contributed by atoms with E-state index in [0.29, 0.717) is 23.8 Å². The van der Waals surface area contributed by atoms with Gasteiger partial charge < -0.3 is 0 Å². The van der Waals surface area contributed by atoms with Crippen molar-refractivity contribution in [1.82, 2.24) is 30.3 Å². The number of aromatic nitrogens is 5. The number of benzene rings is 2. The Kier molecular flexibility index (Phi) is 8.36. The average molecular weight is 509 g/mol. The number of aryl methyl sites for hydroxylation is 1. The van der Waals surface area contributed by atoms with Gasteiger partial charge in [-0.15, -0.1) is 10.2 Å². The minimum Gasteiger partial charge on any atom is -0.264 e. The highest BCUT2D eigenvalue weighted by molar-refractivity contribution is 7.89. The molecule has 2 aromatic heterocycles. The van der Waals surface area contributed by atoms with Gasteiger partial charge in [0.25, 0.3) is 0 Å². The van der Waals surface area contributed by atoms with Gasteiger partial charge in [0, 0.05) is 35.9 Å². The Morgan fingerprint density at radius 1 is 1.00 bits per heavy atom. The Hall–Kier alpha value is -3.40.